The zero-order chi connectivity index (χ0) is 18.7. The quantitative estimate of drug-likeness (QED) is 0.513. The van der Waals surface area contributed by atoms with Crippen molar-refractivity contribution in [1.29, 1.82) is 0 Å². The first-order chi connectivity index (χ1) is 12.4. The maximum Gasteiger partial charge on any atom is 0.314 e. The Morgan fingerprint density at radius 3 is 2.38 bits per heavy atom. The first-order valence-electron chi connectivity index (χ1n) is 8.15. The summed E-state index contributed by atoms with van der Waals surface area (Å²) in [4.78, 5) is 26.5. The molecule has 2 aromatic carbocycles. The molecule has 0 radical (unpaired) electrons. The first kappa shape index (κ1) is 18.9. The third-order valence-electron chi connectivity index (χ3n) is 4.31. The van der Waals surface area contributed by atoms with Crippen LogP contribution in [-0.2, 0) is 4.79 Å². The van der Waals surface area contributed by atoms with Crippen LogP contribution in [0.3, 0.4) is 0 Å². The molecule has 1 aliphatic rings. The maximum atomic E-state index is 13.0. The van der Waals surface area contributed by atoms with Gasteiger partial charge in [0, 0.05) is 23.7 Å². The van der Waals surface area contributed by atoms with Crippen molar-refractivity contribution in [3.63, 3.8) is 0 Å². The summed E-state index contributed by atoms with van der Waals surface area (Å²) in [6, 6.07) is 10.4. The number of benzene rings is 2. The van der Waals surface area contributed by atoms with Crippen LogP contribution in [0.25, 0.3) is 0 Å². The highest BCUT2D eigenvalue weighted by atomic mass is 79.9. The molecule has 2 aromatic rings. The summed E-state index contributed by atoms with van der Waals surface area (Å²) in [6.07, 6.45) is 1.05. The molecule has 1 amide bonds. The number of amides is 1. The molecule has 0 bridgehead atoms. The molecule has 3 rings (SSSR count). The Balaban J connectivity index is 1.56. The van der Waals surface area contributed by atoms with Gasteiger partial charge in [-0.3, -0.25) is 9.59 Å². The molecule has 1 aliphatic heterocycles. The van der Waals surface area contributed by atoms with Gasteiger partial charge in [-0.05, 0) is 71.2 Å². The van der Waals surface area contributed by atoms with Crippen LogP contribution in [0.2, 0.25) is 5.02 Å². The van der Waals surface area contributed by atoms with Crippen molar-refractivity contribution in [1.82, 2.24) is 4.90 Å². The van der Waals surface area contributed by atoms with E-state index in [0.29, 0.717) is 46.7 Å². The van der Waals surface area contributed by atoms with E-state index >= 15 is 0 Å². The van der Waals surface area contributed by atoms with Crippen molar-refractivity contribution in [2.75, 3.05) is 13.1 Å². The standard InChI is InChI=1S/C19H16BrClFNO3/c20-16-11-14(21)3-6-17(16)26-19(25)13-7-9-23(10-8-13)18(24)12-1-4-15(22)5-2-12/h1-6,11,13H,7-10H2. The third-order valence-corrected chi connectivity index (χ3v) is 5.17. The molecule has 7 heteroatoms. The second kappa shape index (κ2) is 8.18. The minimum Gasteiger partial charge on any atom is -0.425 e. The lowest BCUT2D eigenvalue weighted by Crippen LogP contribution is -2.41. The van der Waals surface area contributed by atoms with Gasteiger partial charge in [0.25, 0.3) is 5.91 Å². The molecule has 0 N–H and O–H groups in total. The van der Waals surface area contributed by atoms with Gasteiger partial charge in [-0.25, -0.2) is 4.39 Å². The van der Waals surface area contributed by atoms with Gasteiger partial charge < -0.3 is 9.64 Å². The number of hydrogen-bond donors (Lipinski definition) is 0. The smallest absolute Gasteiger partial charge is 0.314 e. The number of ether oxygens (including phenoxy) is 1. The Kier molecular flexibility index (Phi) is 5.94. The van der Waals surface area contributed by atoms with Gasteiger partial charge in [0.2, 0.25) is 0 Å². The summed E-state index contributed by atoms with van der Waals surface area (Å²) in [5.74, 6) is -0.699. The zero-order valence-corrected chi connectivity index (χ0v) is 16.1. The van der Waals surface area contributed by atoms with E-state index in [-0.39, 0.29) is 23.6 Å². The van der Waals surface area contributed by atoms with Gasteiger partial charge in [0.15, 0.2) is 0 Å². The number of carbonyl (C=O) groups excluding carboxylic acids is 2. The number of halogens is 3. The number of likely N-dealkylation sites (tertiary alicyclic amines) is 1. The second-order valence-corrected chi connectivity index (χ2v) is 7.36. The van der Waals surface area contributed by atoms with Crippen LogP contribution >= 0.6 is 27.5 Å². The largest absolute Gasteiger partial charge is 0.425 e. The minimum absolute atomic E-state index is 0.155. The summed E-state index contributed by atoms with van der Waals surface area (Å²) >= 11 is 9.20. The van der Waals surface area contributed by atoms with E-state index < -0.39 is 0 Å². The Labute approximate surface area is 164 Å². The summed E-state index contributed by atoms with van der Waals surface area (Å²) in [5, 5.41) is 0.546. The Morgan fingerprint density at radius 1 is 1.12 bits per heavy atom. The van der Waals surface area contributed by atoms with E-state index in [1.54, 1.807) is 23.1 Å². The van der Waals surface area contributed by atoms with Gasteiger partial charge in [-0.1, -0.05) is 11.6 Å². The molecule has 0 saturated carbocycles. The lowest BCUT2D eigenvalue weighted by atomic mass is 9.96. The highest BCUT2D eigenvalue weighted by Crippen LogP contribution is 2.30. The third kappa shape index (κ3) is 4.43. The van der Waals surface area contributed by atoms with E-state index in [9.17, 15) is 14.0 Å². The van der Waals surface area contributed by atoms with Gasteiger partial charge >= 0.3 is 5.97 Å². The molecule has 0 aromatic heterocycles. The van der Waals surface area contributed by atoms with Crippen molar-refractivity contribution in [2.45, 2.75) is 12.8 Å². The fourth-order valence-corrected chi connectivity index (χ4v) is 3.61. The number of carbonyl (C=O) groups is 2. The number of esters is 1. The average molecular weight is 441 g/mol. The fraction of sp³-hybridized carbons (Fsp3) is 0.263. The number of hydrogen-bond acceptors (Lipinski definition) is 3. The van der Waals surface area contributed by atoms with Crippen LogP contribution in [0.5, 0.6) is 5.75 Å². The van der Waals surface area contributed by atoms with Crippen LogP contribution in [0.1, 0.15) is 23.2 Å². The van der Waals surface area contributed by atoms with Crippen LogP contribution < -0.4 is 4.74 Å². The van der Waals surface area contributed by atoms with Crippen molar-refractivity contribution < 1.29 is 18.7 Å². The average Bonchev–Trinajstić information content (AvgIpc) is 2.64. The van der Waals surface area contributed by atoms with Crippen LogP contribution in [0, 0.1) is 11.7 Å². The zero-order valence-electron chi connectivity index (χ0n) is 13.8. The number of rotatable bonds is 3. The summed E-state index contributed by atoms with van der Waals surface area (Å²) < 4.78 is 19.0. The van der Waals surface area contributed by atoms with Gasteiger partial charge in [0.05, 0.1) is 10.4 Å². The Hall–Kier alpha value is -1.92. The van der Waals surface area contributed by atoms with E-state index in [1.165, 1.54) is 24.3 Å². The normalized spacial score (nSPS) is 15.0. The second-order valence-electron chi connectivity index (χ2n) is 6.07. The lowest BCUT2D eigenvalue weighted by Gasteiger charge is -2.31. The predicted molar refractivity (Wildman–Crippen MR) is 99.8 cm³/mol. The fourth-order valence-electron chi connectivity index (χ4n) is 2.84. The lowest BCUT2D eigenvalue weighted by molar-refractivity contribution is -0.140. The molecule has 0 aliphatic carbocycles. The van der Waals surface area contributed by atoms with Crippen molar-refractivity contribution >= 4 is 39.4 Å². The van der Waals surface area contributed by atoms with Crippen LogP contribution in [-0.4, -0.2) is 29.9 Å². The van der Waals surface area contributed by atoms with Gasteiger partial charge in [-0.2, -0.15) is 0 Å². The Morgan fingerprint density at radius 2 is 1.77 bits per heavy atom. The summed E-state index contributed by atoms with van der Waals surface area (Å²) in [7, 11) is 0. The van der Waals surface area contributed by atoms with Gasteiger partial charge in [-0.15, -0.1) is 0 Å². The van der Waals surface area contributed by atoms with Crippen molar-refractivity contribution in [3.05, 3.63) is 63.3 Å². The van der Waals surface area contributed by atoms with Crippen LogP contribution in [0.15, 0.2) is 46.9 Å². The molecule has 26 heavy (non-hydrogen) atoms. The number of piperidine rings is 1. The highest BCUT2D eigenvalue weighted by Gasteiger charge is 2.29. The molecule has 136 valence electrons. The molecule has 1 heterocycles. The van der Waals surface area contributed by atoms with E-state index in [4.69, 9.17) is 16.3 Å². The SMILES string of the molecule is O=C(Oc1ccc(Cl)cc1Br)C1CCN(C(=O)c2ccc(F)cc2)CC1. The summed E-state index contributed by atoms with van der Waals surface area (Å²) in [6.45, 7) is 0.912. The number of nitrogens with zero attached hydrogens (tertiary/aromatic N) is 1. The Bertz CT molecular complexity index is 820. The highest BCUT2D eigenvalue weighted by molar-refractivity contribution is 9.10. The van der Waals surface area contributed by atoms with Crippen molar-refractivity contribution in [3.8, 4) is 5.75 Å². The molecule has 0 atom stereocenters. The molecule has 1 fully saturated rings. The topological polar surface area (TPSA) is 46.6 Å². The molecule has 4 nitrogen and oxygen atoms in total. The first-order valence-corrected chi connectivity index (χ1v) is 9.33. The predicted octanol–water partition coefficient (Wildman–Crippen LogP) is 4.70. The minimum atomic E-state index is -0.378. The summed E-state index contributed by atoms with van der Waals surface area (Å²) in [5.41, 5.74) is 0.442. The molecule has 0 spiro atoms. The molecular weight excluding hydrogens is 425 g/mol. The van der Waals surface area contributed by atoms with Crippen LogP contribution in [0.4, 0.5) is 4.39 Å². The monoisotopic (exact) mass is 439 g/mol. The van der Waals surface area contributed by atoms with E-state index in [0.717, 1.165) is 0 Å². The van der Waals surface area contributed by atoms with Gasteiger partial charge in [0.1, 0.15) is 11.6 Å². The van der Waals surface area contributed by atoms with E-state index in [2.05, 4.69) is 15.9 Å². The van der Waals surface area contributed by atoms with E-state index in [1.807, 2.05) is 0 Å². The molecule has 0 unspecified atom stereocenters. The molecule has 1 saturated heterocycles. The molecular formula is C19H16BrClFNO3. The maximum absolute atomic E-state index is 13.0. The van der Waals surface area contributed by atoms with Crippen molar-refractivity contribution in [2.24, 2.45) is 5.92 Å².